The van der Waals surface area contributed by atoms with Gasteiger partial charge in [-0.25, -0.2) is 4.39 Å². The summed E-state index contributed by atoms with van der Waals surface area (Å²) in [6.07, 6.45) is 2.40. The van der Waals surface area contributed by atoms with Gasteiger partial charge in [-0.15, -0.1) is 0 Å². The van der Waals surface area contributed by atoms with Crippen molar-refractivity contribution in [1.29, 1.82) is 0 Å². The quantitative estimate of drug-likeness (QED) is 0.644. The minimum absolute atomic E-state index is 0.0427. The van der Waals surface area contributed by atoms with Gasteiger partial charge in [0.15, 0.2) is 0 Å². The van der Waals surface area contributed by atoms with Crippen molar-refractivity contribution in [1.82, 2.24) is 4.98 Å². The fourth-order valence-corrected chi connectivity index (χ4v) is 1.86. The van der Waals surface area contributed by atoms with Crippen LogP contribution in [0.15, 0.2) is 36.7 Å². The van der Waals surface area contributed by atoms with E-state index >= 15 is 0 Å². The summed E-state index contributed by atoms with van der Waals surface area (Å²) in [7, 11) is 0. The molecule has 1 heterocycles. The molecule has 0 radical (unpaired) electrons. The Morgan fingerprint density at radius 3 is 2.81 bits per heavy atom. The Morgan fingerprint density at radius 2 is 2.19 bits per heavy atom. The van der Waals surface area contributed by atoms with Gasteiger partial charge in [0.05, 0.1) is 34.1 Å². The Balaban J connectivity index is 2.33. The highest BCUT2D eigenvalue weighted by Gasteiger charge is 2.19. The van der Waals surface area contributed by atoms with E-state index in [1.54, 1.807) is 0 Å². The third-order valence-electron chi connectivity index (χ3n) is 2.79. The Morgan fingerprint density at radius 1 is 1.43 bits per heavy atom. The lowest BCUT2D eigenvalue weighted by molar-refractivity contribution is -0.385. The first-order chi connectivity index (χ1) is 9.99. The van der Waals surface area contributed by atoms with Crippen LogP contribution in [0.5, 0.6) is 0 Å². The SMILES string of the molecule is NC(=O)c1cccc([N+](=O)[O-])c1CNc1cncc(F)c1. The number of benzene rings is 1. The second-order valence-corrected chi connectivity index (χ2v) is 4.17. The monoisotopic (exact) mass is 290 g/mol. The minimum Gasteiger partial charge on any atom is -0.379 e. The van der Waals surface area contributed by atoms with E-state index in [0.29, 0.717) is 5.69 Å². The van der Waals surface area contributed by atoms with Crippen LogP contribution in [0.25, 0.3) is 0 Å². The first-order valence-electron chi connectivity index (χ1n) is 5.89. The van der Waals surface area contributed by atoms with Gasteiger partial charge in [-0.3, -0.25) is 19.9 Å². The van der Waals surface area contributed by atoms with E-state index in [1.807, 2.05) is 0 Å². The van der Waals surface area contributed by atoms with Crippen molar-refractivity contribution in [3.8, 4) is 0 Å². The van der Waals surface area contributed by atoms with E-state index in [-0.39, 0.29) is 23.4 Å². The number of primary amides is 1. The van der Waals surface area contributed by atoms with Crippen molar-refractivity contribution >= 4 is 17.3 Å². The number of nitro benzene ring substituents is 1. The predicted molar refractivity (Wildman–Crippen MR) is 73.1 cm³/mol. The zero-order chi connectivity index (χ0) is 15.4. The molecule has 0 aliphatic rings. The summed E-state index contributed by atoms with van der Waals surface area (Å²) in [5.41, 5.74) is 5.50. The number of hydrogen-bond donors (Lipinski definition) is 2. The lowest BCUT2D eigenvalue weighted by Crippen LogP contribution is -2.16. The molecule has 21 heavy (non-hydrogen) atoms. The highest BCUT2D eigenvalue weighted by molar-refractivity contribution is 5.95. The number of pyridine rings is 1. The number of aromatic nitrogens is 1. The second kappa shape index (κ2) is 5.95. The molecule has 2 aromatic rings. The van der Waals surface area contributed by atoms with Crippen LogP contribution in [-0.2, 0) is 6.54 Å². The van der Waals surface area contributed by atoms with Gasteiger partial charge < -0.3 is 11.1 Å². The number of anilines is 1. The average molecular weight is 290 g/mol. The Kier molecular flexibility index (Phi) is 4.07. The molecule has 0 saturated heterocycles. The molecule has 0 unspecified atom stereocenters. The maximum atomic E-state index is 13.0. The zero-order valence-corrected chi connectivity index (χ0v) is 10.7. The number of nitro groups is 1. The summed E-state index contributed by atoms with van der Waals surface area (Å²) in [5, 5.41) is 13.8. The van der Waals surface area contributed by atoms with Crippen molar-refractivity contribution in [2.75, 3.05) is 5.32 Å². The number of nitrogens with zero attached hydrogens (tertiary/aromatic N) is 2. The molecule has 3 N–H and O–H groups in total. The molecule has 7 nitrogen and oxygen atoms in total. The molecule has 0 aliphatic heterocycles. The zero-order valence-electron chi connectivity index (χ0n) is 10.7. The first kappa shape index (κ1) is 14.4. The van der Waals surface area contributed by atoms with Crippen molar-refractivity contribution in [3.05, 3.63) is 63.7 Å². The second-order valence-electron chi connectivity index (χ2n) is 4.17. The standard InChI is InChI=1S/C13H11FN4O3/c14-8-4-9(6-16-5-8)17-7-11-10(13(15)19)2-1-3-12(11)18(20)21/h1-6,17H,7H2,(H2,15,19). The van der Waals surface area contributed by atoms with E-state index in [4.69, 9.17) is 5.73 Å². The van der Waals surface area contributed by atoms with Gasteiger partial charge in [-0.2, -0.15) is 0 Å². The van der Waals surface area contributed by atoms with Crippen molar-refractivity contribution in [2.24, 2.45) is 5.73 Å². The molecule has 2 rings (SSSR count). The van der Waals surface area contributed by atoms with Gasteiger partial charge in [0.1, 0.15) is 5.82 Å². The number of nitrogens with two attached hydrogens (primary N) is 1. The van der Waals surface area contributed by atoms with Crippen LogP contribution in [0.4, 0.5) is 15.8 Å². The van der Waals surface area contributed by atoms with Gasteiger partial charge in [-0.1, -0.05) is 6.07 Å². The summed E-state index contributed by atoms with van der Waals surface area (Å²) in [4.78, 5) is 25.4. The highest BCUT2D eigenvalue weighted by atomic mass is 19.1. The molecule has 108 valence electrons. The molecule has 0 spiro atoms. The maximum absolute atomic E-state index is 13.0. The Hall–Kier alpha value is -3.03. The van der Waals surface area contributed by atoms with Gasteiger partial charge in [0, 0.05) is 18.7 Å². The van der Waals surface area contributed by atoms with E-state index in [1.165, 1.54) is 30.5 Å². The lowest BCUT2D eigenvalue weighted by Gasteiger charge is -2.10. The molecule has 0 aliphatic carbocycles. The van der Waals surface area contributed by atoms with Gasteiger partial charge in [-0.05, 0) is 6.07 Å². The highest BCUT2D eigenvalue weighted by Crippen LogP contribution is 2.23. The van der Waals surface area contributed by atoms with Gasteiger partial charge in [0.2, 0.25) is 5.91 Å². The predicted octanol–water partition coefficient (Wildman–Crippen LogP) is 1.84. The molecule has 1 amide bonds. The van der Waals surface area contributed by atoms with Crippen LogP contribution in [0.2, 0.25) is 0 Å². The number of hydrogen-bond acceptors (Lipinski definition) is 5. The number of carbonyl (C=O) groups excluding carboxylic acids is 1. The maximum Gasteiger partial charge on any atom is 0.275 e. The summed E-state index contributed by atoms with van der Waals surface area (Å²) >= 11 is 0. The summed E-state index contributed by atoms with van der Waals surface area (Å²) in [5.74, 6) is -1.31. The molecular formula is C13H11FN4O3. The van der Waals surface area contributed by atoms with Crippen molar-refractivity contribution in [3.63, 3.8) is 0 Å². The smallest absolute Gasteiger partial charge is 0.275 e. The van der Waals surface area contributed by atoms with Crippen LogP contribution in [0, 0.1) is 15.9 Å². The molecule has 0 saturated carbocycles. The fraction of sp³-hybridized carbons (Fsp3) is 0.0769. The third-order valence-corrected chi connectivity index (χ3v) is 2.79. The van der Waals surface area contributed by atoms with E-state index < -0.39 is 16.6 Å². The first-order valence-corrected chi connectivity index (χ1v) is 5.89. The van der Waals surface area contributed by atoms with E-state index in [2.05, 4.69) is 10.3 Å². The van der Waals surface area contributed by atoms with Crippen LogP contribution in [0.3, 0.4) is 0 Å². The normalized spacial score (nSPS) is 10.1. The number of amides is 1. The number of nitrogens with one attached hydrogen (secondary N) is 1. The number of carbonyl (C=O) groups is 1. The molecule has 1 aromatic heterocycles. The Bertz CT molecular complexity index is 673. The fourth-order valence-electron chi connectivity index (χ4n) is 1.86. The largest absolute Gasteiger partial charge is 0.379 e. The topological polar surface area (TPSA) is 111 Å². The molecule has 1 aromatic carbocycles. The molecule has 0 atom stereocenters. The lowest BCUT2D eigenvalue weighted by atomic mass is 10.0. The molecule has 8 heteroatoms. The van der Waals surface area contributed by atoms with Crippen molar-refractivity contribution < 1.29 is 14.1 Å². The van der Waals surface area contributed by atoms with E-state index in [0.717, 1.165) is 6.20 Å². The van der Waals surface area contributed by atoms with Crippen LogP contribution in [-0.4, -0.2) is 15.8 Å². The Labute approximate surface area is 118 Å². The summed E-state index contributed by atoms with van der Waals surface area (Å²) in [6.45, 7) is -0.0550. The number of rotatable bonds is 5. The minimum atomic E-state index is -0.770. The van der Waals surface area contributed by atoms with Gasteiger partial charge >= 0.3 is 0 Å². The summed E-state index contributed by atoms with van der Waals surface area (Å²) in [6, 6.07) is 5.24. The van der Waals surface area contributed by atoms with Crippen LogP contribution in [0.1, 0.15) is 15.9 Å². The van der Waals surface area contributed by atoms with Gasteiger partial charge in [0.25, 0.3) is 5.69 Å². The summed E-state index contributed by atoms with van der Waals surface area (Å²) < 4.78 is 13.0. The average Bonchev–Trinajstić information content (AvgIpc) is 2.44. The molecule has 0 bridgehead atoms. The third kappa shape index (κ3) is 3.30. The van der Waals surface area contributed by atoms with E-state index in [9.17, 15) is 19.3 Å². The van der Waals surface area contributed by atoms with Crippen LogP contribution < -0.4 is 11.1 Å². The molecule has 0 fully saturated rings. The molecular weight excluding hydrogens is 279 g/mol. The van der Waals surface area contributed by atoms with Crippen molar-refractivity contribution in [2.45, 2.75) is 6.54 Å². The number of halogens is 1. The van der Waals surface area contributed by atoms with Crippen LogP contribution >= 0.6 is 0 Å².